The van der Waals surface area contributed by atoms with E-state index in [-0.39, 0.29) is 12.0 Å². The van der Waals surface area contributed by atoms with Gasteiger partial charge in [-0.1, -0.05) is 31.5 Å². The molecule has 146 valence electrons. The second-order valence-corrected chi connectivity index (χ2v) is 6.53. The van der Waals surface area contributed by atoms with Crippen molar-refractivity contribution in [2.24, 2.45) is 0 Å². The number of carbonyl (C=O) groups is 1. The summed E-state index contributed by atoms with van der Waals surface area (Å²) in [5, 5.41) is 2.94. The molecule has 27 heavy (non-hydrogen) atoms. The van der Waals surface area contributed by atoms with Crippen LogP contribution in [0, 0.1) is 0 Å². The quantitative estimate of drug-likeness (QED) is 0.621. The van der Waals surface area contributed by atoms with Crippen LogP contribution < -0.4 is 19.5 Å². The number of methoxy groups -OCH3 is 1. The van der Waals surface area contributed by atoms with E-state index in [0.717, 1.165) is 24.2 Å². The average molecular weight is 371 g/mol. The van der Waals surface area contributed by atoms with Crippen LogP contribution in [0.1, 0.15) is 49.5 Å². The molecule has 0 atom stereocenters. The first-order valence-corrected chi connectivity index (χ1v) is 9.38. The minimum Gasteiger partial charge on any atom is -0.493 e. The summed E-state index contributed by atoms with van der Waals surface area (Å²) in [7, 11) is 1.61. The third-order valence-corrected chi connectivity index (χ3v) is 3.93. The molecule has 0 aliphatic heterocycles. The standard InChI is InChI=1S/C22H29NO4/c1-5-6-13-26-20-12-11-17(14-21(20)25-4)15-23-22(24)18-9-7-8-10-19(18)27-16(2)3/h7-12,14,16H,5-6,13,15H2,1-4H3,(H,23,24). The number of rotatable bonds is 10. The van der Waals surface area contributed by atoms with Crippen molar-refractivity contribution in [1.29, 1.82) is 0 Å². The molecule has 0 aliphatic carbocycles. The van der Waals surface area contributed by atoms with Crippen molar-refractivity contribution in [3.8, 4) is 17.2 Å². The molecule has 0 heterocycles. The summed E-state index contributed by atoms with van der Waals surface area (Å²) in [4.78, 5) is 12.6. The van der Waals surface area contributed by atoms with E-state index in [9.17, 15) is 4.79 Å². The summed E-state index contributed by atoms with van der Waals surface area (Å²) in [6.45, 7) is 7.04. The first-order chi connectivity index (χ1) is 13.0. The first-order valence-electron chi connectivity index (χ1n) is 9.38. The minimum absolute atomic E-state index is 0.00321. The molecule has 5 nitrogen and oxygen atoms in total. The zero-order chi connectivity index (χ0) is 19.6. The third-order valence-electron chi connectivity index (χ3n) is 3.93. The number of hydrogen-bond acceptors (Lipinski definition) is 4. The Kier molecular flexibility index (Phi) is 7.99. The van der Waals surface area contributed by atoms with Crippen LogP contribution in [0.15, 0.2) is 42.5 Å². The van der Waals surface area contributed by atoms with E-state index in [0.29, 0.717) is 30.2 Å². The van der Waals surface area contributed by atoms with Crippen molar-refractivity contribution in [2.75, 3.05) is 13.7 Å². The van der Waals surface area contributed by atoms with Gasteiger partial charge in [0.25, 0.3) is 5.91 Å². The lowest BCUT2D eigenvalue weighted by Crippen LogP contribution is -2.24. The molecule has 5 heteroatoms. The lowest BCUT2D eigenvalue weighted by atomic mass is 10.1. The number of hydrogen-bond donors (Lipinski definition) is 1. The van der Waals surface area contributed by atoms with Gasteiger partial charge < -0.3 is 19.5 Å². The topological polar surface area (TPSA) is 56.8 Å². The maximum Gasteiger partial charge on any atom is 0.255 e. The van der Waals surface area contributed by atoms with Crippen LogP contribution >= 0.6 is 0 Å². The van der Waals surface area contributed by atoms with E-state index in [1.165, 1.54) is 0 Å². The maximum atomic E-state index is 12.6. The van der Waals surface area contributed by atoms with Crippen molar-refractivity contribution in [3.05, 3.63) is 53.6 Å². The molecule has 2 aromatic rings. The van der Waals surface area contributed by atoms with Gasteiger partial charge in [0, 0.05) is 6.54 Å². The third kappa shape index (κ3) is 6.20. The summed E-state index contributed by atoms with van der Waals surface area (Å²) in [5.41, 5.74) is 1.46. The Morgan fingerprint density at radius 1 is 1.07 bits per heavy atom. The lowest BCUT2D eigenvalue weighted by Gasteiger charge is -2.15. The van der Waals surface area contributed by atoms with Gasteiger partial charge in [-0.2, -0.15) is 0 Å². The molecule has 0 bridgehead atoms. The Morgan fingerprint density at radius 2 is 1.85 bits per heavy atom. The number of carbonyl (C=O) groups excluding carboxylic acids is 1. The van der Waals surface area contributed by atoms with Crippen molar-refractivity contribution in [3.63, 3.8) is 0 Å². The number of para-hydroxylation sites is 1. The Balaban J connectivity index is 2.03. The summed E-state index contributed by atoms with van der Waals surface area (Å²) < 4.78 is 16.9. The molecule has 1 N–H and O–H groups in total. The van der Waals surface area contributed by atoms with Crippen LogP contribution in [0.2, 0.25) is 0 Å². The normalized spacial score (nSPS) is 10.6. The average Bonchev–Trinajstić information content (AvgIpc) is 2.67. The summed E-state index contributed by atoms with van der Waals surface area (Å²) in [6, 6.07) is 13.0. The highest BCUT2D eigenvalue weighted by Gasteiger charge is 2.13. The molecule has 0 radical (unpaired) electrons. The number of benzene rings is 2. The van der Waals surface area contributed by atoms with Gasteiger partial charge in [0.05, 0.1) is 25.4 Å². The number of ether oxygens (including phenoxy) is 3. The number of amides is 1. The molecule has 0 fully saturated rings. The summed E-state index contributed by atoms with van der Waals surface area (Å²) >= 11 is 0. The van der Waals surface area contributed by atoms with Crippen molar-refractivity contribution in [2.45, 2.75) is 46.3 Å². The van der Waals surface area contributed by atoms with Crippen LogP contribution in [0.3, 0.4) is 0 Å². The smallest absolute Gasteiger partial charge is 0.255 e. The van der Waals surface area contributed by atoms with Crippen molar-refractivity contribution in [1.82, 2.24) is 5.32 Å². The molecule has 2 rings (SSSR count). The number of unbranched alkanes of at least 4 members (excludes halogenated alkanes) is 1. The maximum absolute atomic E-state index is 12.6. The highest BCUT2D eigenvalue weighted by molar-refractivity contribution is 5.96. The Labute approximate surface area is 161 Å². The van der Waals surface area contributed by atoms with E-state index in [1.807, 2.05) is 44.2 Å². The van der Waals surface area contributed by atoms with E-state index in [4.69, 9.17) is 14.2 Å². The fourth-order valence-corrected chi connectivity index (χ4v) is 2.56. The Hall–Kier alpha value is -2.69. The molecule has 0 spiro atoms. The van der Waals surface area contributed by atoms with E-state index >= 15 is 0 Å². The van der Waals surface area contributed by atoms with Crippen LogP contribution in [0.25, 0.3) is 0 Å². The van der Waals surface area contributed by atoms with Gasteiger partial charge in [0.15, 0.2) is 11.5 Å². The zero-order valence-electron chi connectivity index (χ0n) is 16.6. The van der Waals surface area contributed by atoms with Crippen LogP contribution in [-0.2, 0) is 6.54 Å². The lowest BCUT2D eigenvalue weighted by molar-refractivity contribution is 0.0945. The fraction of sp³-hybridized carbons (Fsp3) is 0.409. The Morgan fingerprint density at radius 3 is 2.56 bits per heavy atom. The van der Waals surface area contributed by atoms with E-state index < -0.39 is 0 Å². The second-order valence-electron chi connectivity index (χ2n) is 6.53. The molecule has 0 aliphatic rings. The molecule has 0 saturated heterocycles. The highest BCUT2D eigenvalue weighted by Crippen LogP contribution is 2.28. The monoisotopic (exact) mass is 371 g/mol. The van der Waals surface area contributed by atoms with E-state index in [2.05, 4.69) is 12.2 Å². The van der Waals surface area contributed by atoms with Gasteiger partial charge in [-0.05, 0) is 50.1 Å². The van der Waals surface area contributed by atoms with Crippen LogP contribution in [0.4, 0.5) is 0 Å². The number of nitrogens with one attached hydrogen (secondary N) is 1. The van der Waals surface area contributed by atoms with Gasteiger partial charge in [0.1, 0.15) is 5.75 Å². The van der Waals surface area contributed by atoms with Gasteiger partial charge in [-0.15, -0.1) is 0 Å². The van der Waals surface area contributed by atoms with Gasteiger partial charge in [0.2, 0.25) is 0 Å². The van der Waals surface area contributed by atoms with Crippen molar-refractivity contribution < 1.29 is 19.0 Å². The predicted octanol–water partition coefficient (Wildman–Crippen LogP) is 4.59. The predicted molar refractivity (Wildman–Crippen MR) is 107 cm³/mol. The van der Waals surface area contributed by atoms with Crippen LogP contribution in [-0.4, -0.2) is 25.7 Å². The molecular formula is C22H29NO4. The Bertz CT molecular complexity index is 743. The molecule has 0 saturated carbocycles. The minimum atomic E-state index is -0.173. The molecule has 0 aromatic heterocycles. The second kappa shape index (κ2) is 10.5. The van der Waals surface area contributed by atoms with E-state index in [1.54, 1.807) is 19.2 Å². The van der Waals surface area contributed by atoms with Crippen molar-refractivity contribution >= 4 is 5.91 Å². The fourth-order valence-electron chi connectivity index (χ4n) is 2.56. The molecule has 1 amide bonds. The SMILES string of the molecule is CCCCOc1ccc(CNC(=O)c2ccccc2OC(C)C)cc1OC. The van der Waals surface area contributed by atoms with Gasteiger partial charge >= 0.3 is 0 Å². The highest BCUT2D eigenvalue weighted by atomic mass is 16.5. The summed E-state index contributed by atoms with van der Waals surface area (Å²) in [5.74, 6) is 1.80. The summed E-state index contributed by atoms with van der Waals surface area (Å²) in [6.07, 6.45) is 2.08. The van der Waals surface area contributed by atoms with Crippen LogP contribution in [0.5, 0.6) is 17.2 Å². The molecular weight excluding hydrogens is 342 g/mol. The molecule has 0 unspecified atom stereocenters. The van der Waals surface area contributed by atoms with Gasteiger partial charge in [-0.25, -0.2) is 0 Å². The zero-order valence-corrected chi connectivity index (χ0v) is 16.6. The first kappa shape index (κ1) is 20.6. The molecule has 2 aromatic carbocycles. The van der Waals surface area contributed by atoms with Gasteiger partial charge in [-0.3, -0.25) is 4.79 Å². The largest absolute Gasteiger partial charge is 0.493 e.